The summed E-state index contributed by atoms with van der Waals surface area (Å²) in [5.41, 5.74) is 2.98. The van der Waals surface area contributed by atoms with Gasteiger partial charge in [0.15, 0.2) is 10.2 Å². The lowest BCUT2D eigenvalue weighted by Gasteiger charge is -2.06. The summed E-state index contributed by atoms with van der Waals surface area (Å²) in [6, 6.07) is 7.70. The zero-order valence-corrected chi connectivity index (χ0v) is 16.4. The van der Waals surface area contributed by atoms with Crippen LogP contribution in [0.5, 0.6) is 5.75 Å². The summed E-state index contributed by atoms with van der Waals surface area (Å²) >= 11 is 2.70. The second kappa shape index (κ2) is 9.48. The van der Waals surface area contributed by atoms with Crippen LogP contribution in [0.15, 0.2) is 46.4 Å². The van der Waals surface area contributed by atoms with Gasteiger partial charge in [0, 0.05) is 29.8 Å². The van der Waals surface area contributed by atoms with E-state index in [0.717, 1.165) is 33.3 Å². The van der Waals surface area contributed by atoms with Crippen molar-refractivity contribution in [1.82, 2.24) is 15.0 Å². The molecule has 1 aromatic carbocycles. The highest BCUT2D eigenvalue weighted by Crippen LogP contribution is 2.23. The minimum Gasteiger partial charge on any atom is -0.493 e. The van der Waals surface area contributed by atoms with Crippen LogP contribution < -0.4 is 4.74 Å². The van der Waals surface area contributed by atoms with Crippen LogP contribution in [0.1, 0.15) is 18.2 Å². The number of nitrogens with zero attached hydrogens (tertiary/aromatic N) is 3. The van der Waals surface area contributed by atoms with Gasteiger partial charge in [-0.3, -0.25) is 4.79 Å². The molecule has 0 aliphatic rings. The Morgan fingerprint density at radius 2 is 1.96 bits per heavy atom. The van der Waals surface area contributed by atoms with E-state index in [9.17, 15) is 4.79 Å². The van der Waals surface area contributed by atoms with Crippen LogP contribution in [-0.4, -0.2) is 38.4 Å². The third kappa shape index (κ3) is 5.77. The zero-order chi connectivity index (χ0) is 19.1. The van der Waals surface area contributed by atoms with Crippen molar-refractivity contribution in [2.24, 2.45) is 0 Å². The summed E-state index contributed by atoms with van der Waals surface area (Å²) in [7, 11) is 0. The van der Waals surface area contributed by atoms with Gasteiger partial charge in [0.25, 0.3) is 0 Å². The van der Waals surface area contributed by atoms with Crippen molar-refractivity contribution in [3.05, 3.63) is 53.3 Å². The number of thioether (sulfide) groups is 1. The van der Waals surface area contributed by atoms with E-state index in [2.05, 4.69) is 21.9 Å². The molecule has 0 radical (unpaired) electrons. The topological polar surface area (TPSA) is 85.2 Å². The van der Waals surface area contributed by atoms with Crippen LogP contribution in [0.25, 0.3) is 11.4 Å². The van der Waals surface area contributed by atoms with E-state index in [0.29, 0.717) is 18.9 Å². The highest BCUT2D eigenvalue weighted by molar-refractivity contribution is 8.01. The van der Waals surface area contributed by atoms with Gasteiger partial charge in [-0.25, -0.2) is 15.0 Å². The molecule has 3 aromatic rings. The lowest BCUT2D eigenvalue weighted by molar-refractivity contribution is -0.133. The van der Waals surface area contributed by atoms with Gasteiger partial charge in [0.1, 0.15) is 5.75 Å². The smallest absolute Gasteiger partial charge is 0.313 e. The highest BCUT2D eigenvalue weighted by atomic mass is 32.2. The summed E-state index contributed by atoms with van der Waals surface area (Å²) in [4.78, 5) is 23.7. The average molecular weight is 402 g/mol. The largest absolute Gasteiger partial charge is 0.493 e. The van der Waals surface area contributed by atoms with Gasteiger partial charge in [0.2, 0.25) is 0 Å². The standard InChI is InChI=1S/C19H19N3O3S2/c1-2-13-9-20-18(21-10-13)14-3-5-16(6-4-14)25-8-7-15-11-26-19(22-15)27-12-17(23)24/h3-6,9-11H,2,7-8,12H2,1H3,(H,23,24). The van der Waals surface area contributed by atoms with Gasteiger partial charge >= 0.3 is 5.97 Å². The molecule has 1 N–H and O–H groups in total. The maximum Gasteiger partial charge on any atom is 0.313 e. The molecule has 0 atom stereocenters. The monoisotopic (exact) mass is 401 g/mol. The van der Waals surface area contributed by atoms with Gasteiger partial charge in [0.05, 0.1) is 18.1 Å². The van der Waals surface area contributed by atoms with Crippen LogP contribution >= 0.6 is 23.1 Å². The maximum atomic E-state index is 10.6. The highest BCUT2D eigenvalue weighted by Gasteiger charge is 2.06. The van der Waals surface area contributed by atoms with Crippen molar-refractivity contribution in [1.29, 1.82) is 0 Å². The summed E-state index contributed by atoms with van der Waals surface area (Å²) in [6.45, 7) is 2.58. The predicted octanol–water partition coefficient (Wildman–Crippen LogP) is 3.96. The van der Waals surface area contributed by atoms with Crippen molar-refractivity contribution >= 4 is 29.1 Å². The first-order chi connectivity index (χ1) is 13.1. The molecule has 27 heavy (non-hydrogen) atoms. The van der Waals surface area contributed by atoms with E-state index in [1.807, 2.05) is 42.0 Å². The number of hydrogen-bond acceptors (Lipinski definition) is 7. The first-order valence-electron chi connectivity index (χ1n) is 8.47. The van der Waals surface area contributed by atoms with Crippen LogP contribution in [0.3, 0.4) is 0 Å². The van der Waals surface area contributed by atoms with E-state index < -0.39 is 5.97 Å². The van der Waals surface area contributed by atoms with Crippen molar-refractivity contribution in [3.63, 3.8) is 0 Å². The fourth-order valence-corrected chi connectivity index (χ4v) is 3.85. The van der Waals surface area contributed by atoms with Crippen LogP contribution in [0, 0.1) is 0 Å². The van der Waals surface area contributed by atoms with Gasteiger partial charge < -0.3 is 9.84 Å². The number of hydrogen-bond donors (Lipinski definition) is 1. The Morgan fingerprint density at radius 1 is 1.22 bits per heavy atom. The fraction of sp³-hybridized carbons (Fsp3) is 0.263. The second-order valence-corrected chi connectivity index (χ2v) is 7.76. The van der Waals surface area contributed by atoms with Gasteiger partial charge in [-0.15, -0.1) is 11.3 Å². The minimum absolute atomic E-state index is 0.0285. The van der Waals surface area contributed by atoms with E-state index >= 15 is 0 Å². The number of aromatic nitrogens is 3. The van der Waals surface area contributed by atoms with E-state index in [4.69, 9.17) is 9.84 Å². The van der Waals surface area contributed by atoms with Crippen molar-refractivity contribution < 1.29 is 14.6 Å². The molecule has 0 amide bonds. The molecule has 6 nitrogen and oxygen atoms in total. The Balaban J connectivity index is 1.49. The van der Waals surface area contributed by atoms with E-state index in [-0.39, 0.29) is 5.75 Å². The number of carbonyl (C=O) groups is 1. The van der Waals surface area contributed by atoms with Gasteiger partial charge in [-0.05, 0) is 36.2 Å². The summed E-state index contributed by atoms with van der Waals surface area (Å²) < 4.78 is 6.54. The predicted molar refractivity (Wildman–Crippen MR) is 107 cm³/mol. The fourth-order valence-electron chi connectivity index (χ4n) is 2.25. The van der Waals surface area contributed by atoms with E-state index in [1.54, 1.807) is 0 Å². The summed E-state index contributed by atoms with van der Waals surface area (Å²) in [5, 5.41) is 10.6. The molecule has 0 saturated carbocycles. The minimum atomic E-state index is -0.838. The van der Waals surface area contributed by atoms with Crippen molar-refractivity contribution in [2.45, 2.75) is 24.1 Å². The SMILES string of the molecule is CCc1cnc(-c2ccc(OCCc3csc(SCC(=O)O)n3)cc2)nc1. The van der Waals surface area contributed by atoms with Crippen LogP contribution in [-0.2, 0) is 17.6 Å². The Bertz CT molecular complexity index is 880. The summed E-state index contributed by atoms with van der Waals surface area (Å²) in [6.07, 6.45) is 5.30. The first-order valence-corrected chi connectivity index (χ1v) is 10.3. The molecule has 140 valence electrons. The van der Waals surface area contributed by atoms with Crippen molar-refractivity contribution in [3.8, 4) is 17.1 Å². The second-order valence-electron chi connectivity index (χ2n) is 5.68. The maximum absolute atomic E-state index is 10.6. The Hall–Kier alpha value is -2.45. The number of carboxylic acid groups (broad SMARTS) is 1. The number of rotatable bonds is 9. The Morgan fingerprint density at radius 3 is 2.63 bits per heavy atom. The molecule has 0 aliphatic heterocycles. The van der Waals surface area contributed by atoms with Crippen LogP contribution in [0.2, 0.25) is 0 Å². The molecule has 2 aromatic heterocycles. The molecule has 2 heterocycles. The van der Waals surface area contributed by atoms with Gasteiger partial charge in [-0.1, -0.05) is 18.7 Å². The van der Waals surface area contributed by atoms with Gasteiger partial charge in [-0.2, -0.15) is 0 Å². The number of carboxylic acids is 1. The normalized spacial score (nSPS) is 10.7. The number of ether oxygens (including phenoxy) is 1. The average Bonchev–Trinajstić information content (AvgIpc) is 3.15. The number of thiazole rings is 1. The Kier molecular flexibility index (Phi) is 6.78. The third-order valence-corrected chi connectivity index (χ3v) is 5.76. The molecular weight excluding hydrogens is 382 g/mol. The molecule has 0 fully saturated rings. The molecule has 3 rings (SSSR count). The molecule has 0 aliphatic carbocycles. The molecule has 0 saturated heterocycles. The van der Waals surface area contributed by atoms with Crippen LogP contribution in [0.4, 0.5) is 0 Å². The molecule has 0 bridgehead atoms. The molecule has 0 unspecified atom stereocenters. The summed E-state index contributed by atoms with van der Waals surface area (Å²) in [5.74, 6) is 0.670. The third-order valence-electron chi connectivity index (χ3n) is 3.70. The van der Waals surface area contributed by atoms with Crippen molar-refractivity contribution in [2.75, 3.05) is 12.4 Å². The quantitative estimate of drug-likeness (QED) is 0.543. The van der Waals surface area contributed by atoms with E-state index in [1.165, 1.54) is 23.1 Å². The number of aliphatic carboxylic acids is 1. The molecule has 8 heteroatoms. The first kappa shape index (κ1) is 19.3. The lowest BCUT2D eigenvalue weighted by Crippen LogP contribution is -2.02. The zero-order valence-electron chi connectivity index (χ0n) is 14.8. The number of aryl methyl sites for hydroxylation is 1. The lowest BCUT2D eigenvalue weighted by atomic mass is 10.2. The molecule has 0 spiro atoms. The Labute approximate surface area is 165 Å². The number of benzene rings is 1. The molecular formula is C19H19N3O3S2.